The molecule has 8 heteroatoms. The summed E-state index contributed by atoms with van der Waals surface area (Å²) in [4.78, 5) is 49.1. The van der Waals surface area contributed by atoms with E-state index in [1.807, 2.05) is 0 Å². The first-order chi connectivity index (χ1) is 13.8. The zero-order valence-corrected chi connectivity index (χ0v) is 16.9. The maximum Gasteiger partial charge on any atom is 0.329 e. The smallest absolute Gasteiger partial charge is 0.329 e. The third-order valence-electron chi connectivity index (χ3n) is 4.31. The second-order valence-corrected chi connectivity index (χ2v) is 7.31. The van der Waals surface area contributed by atoms with Gasteiger partial charge in [-0.3, -0.25) is 19.3 Å². The minimum Gasteiger partial charge on any atom is -0.464 e. The molecule has 0 aliphatic carbocycles. The number of amides is 2. The predicted molar refractivity (Wildman–Crippen MR) is 108 cm³/mol. The number of rotatable bonds is 6. The van der Waals surface area contributed by atoms with Crippen LogP contribution < -0.4 is 0 Å². The van der Waals surface area contributed by atoms with Gasteiger partial charge in [0.25, 0.3) is 11.1 Å². The number of ether oxygens (including phenoxy) is 1. The van der Waals surface area contributed by atoms with Crippen LogP contribution in [0.3, 0.4) is 0 Å². The van der Waals surface area contributed by atoms with E-state index in [4.69, 9.17) is 9.15 Å². The molecule has 3 rings (SSSR count). The van der Waals surface area contributed by atoms with Gasteiger partial charge in [-0.25, -0.2) is 4.79 Å². The van der Waals surface area contributed by atoms with Crippen molar-refractivity contribution in [3.05, 3.63) is 52.6 Å². The average Bonchev–Trinajstić information content (AvgIpc) is 3.26. The molecule has 1 aliphatic heterocycles. The number of esters is 1. The van der Waals surface area contributed by atoms with E-state index in [1.54, 1.807) is 43.3 Å². The van der Waals surface area contributed by atoms with Crippen molar-refractivity contribution in [3.63, 3.8) is 0 Å². The molecule has 0 saturated carbocycles. The summed E-state index contributed by atoms with van der Waals surface area (Å²) < 4.78 is 10.6. The number of benzene rings is 1. The van der Waals surface area contributed by atoms with Gasteiger partial charge in [-0.2, -0.15) is 0 Å². The lowest BCUT2D eigenvalue weighted by atomic mass is 10.1. The molecule has 2 heterocycles. The van der Waals surface area contributed by atoms with E-state index >= 15 is 0 Å². The molecule has 1 aliphatic rings. The molecule has 2 aromatic rings. The standard InChI is InChI=1S/C21H19NO6S/c1-4-27-20(25)12(2)22-19(24)18(29-21(22)26)11-16-9-10-17(28-16)15-7-5-14(6-8-15)13(3)23/h5-12H,4H2,1-3H3. The number of ketones is 1. The second kappa shape index (κ2) is 8.48. The van der Waals surface area contributed by atoms with Crippen LogP contribution in [0.15, 0.2) is 45.7 Å². The van der Waals surface area contributed by atoms with Crippen LogP contribution in [0.25, 0.3) is 17.4 Å². The summed E-state index contributed by atoms with van der Waals surface area (Å²) >= 11 is 0.744. The maximum atomic E-state index is 12.6. The number of thioether (sulfide) groups is 1. The Labute approximate surface area is 171 Å². The second-order valence-electron chi connectivity index (χ2n) is 6.32. The normalized spacial score (nSPS) is 16.4. The highest BCUT2D eigenvalue weighted by molar-refractivity contribution is 8.18. The summed E-state index contributed by atoms with van der Waals surface area (Å²) in [6.45, 7) is 4.76. The maximum absolute atomic E-state index is 12.6. The van der Waals surface area contributed by atoms with E-state index in [9.17, 15) is 19.2 Å². The van der Waals surface area contributed by atoms with Crippen LogP contribution >= 0.6 is 11.8 Å². The number of Topliss-reactive ketones (excluding diaryl/α,β-unsaturated/α-hetero) is 1. The molecule has 29 heavy (non-hydrogen) atoms. The number of imide groups is 1. The van der Waals surface area contributed by atoms with Gasteiger partial charge in [0.1, 0.15) is 17.6 Å². The fourth-order valence-corrected chi connectivity index (χ4v) is 3.65. The van der Waals surface area contributed by atoms with Gasteiger partial charge in [-0.15, -0.1) is 0 Å². The molecule has 0 radical (unpaired) electrons. The first-order valence-electron chi connectivity index (χ1n) is 8.96. The van der Waals surface area contributed by atoms with Crippen molar-refractivity contribution < 1.29 is 28.3 Å². The zero-order chi connectivity index (χ0) is 21.1. The number of hydrogen-bond donors (Lipinski definition) is 0. The Bertz CT molecular complexity index is 1000. The third kappa shape index (κ3) is 4.32. The van der Waals surface area contributed by atoms with Crippen molar-refractivity contribution in [1.82, 2.24) is 4.90 Å². The van der Waals surface area contributed by atoms with Crippen LogP contribution in [-0.2, 0) is 14.3 Å². The molecule has 1 atom stereocenters. The number of nitrogens with zero attached hydrogens (tertiary/aromatic N) is 1. The van der Waals surface area contributed by atoms with Gasteiger partial charge in [0.05, 0.1) is 11.5 Å². The van der Waals surface area contributed by atoms with Crippen molar-refractivity contribution in [3.8, 4) is 11.3 Å². The highest BCUT2D eigenvalue weighted by Crippen LogP contribution is 2.34. The van der Waals surface area contributed by atoms with E-state index in [1.165, 1.54) is 19.9 Å². The number of carbonyl (C=O) groups excluding carboxylic acids is 4. The first kappa shape index (κ1) is 20.6. The molecular weight excluding hydrogens is 394 g/mol. The molecule has 1 aromatic heterocycles. The predicted octanol–water partition coefficient (Wildman–Crippen LogP) is 4.14. The monoisotopic (exact) mass is 413 g/mol. The Kier molecular flexibility index (Phi) is 6.03. The fourth-order valence-electron chi connectivity index (χ4n) is 2.77. The fraction of sp³-hybridized carbons (Fsp3) is 0.238. The van der Waals surface area contributed by atoms with Gasteiger partial charge < -0.3 is 9.15 Å². The lowest BCUT2D eigenvalue weighted by molar-refractivity contribution is -0.150. The molecule has 1 saturated heterocycles. The van der Waals surface area contributed by atoms with Gasteiger partial charge >= 0.3 is 5.97 Å². The van der Waals surface area contributed by atoms with Crippen LogP contribution in [0.2, 0.25) is 0 Å². The van der Waals surface area contributed by atoms with E-state index < -0.39 is 23.2 Å². The van der Waals surface area contributed by atoms with Crippen LogP contribution in [0.4, 0.5) is 4.79 Å². The summed E-state index contributed by atoms with van der Waals surface area (Å²) in [5.41, 5.74) is 1.38. The van der Waals surface area contributed by atoms with Crippen molar-refractivity contribution >= 4 is 40.7 Å². The summed E-state index contributed by atoms with van der Waals surface area (Å²) in [5.74, 6) is -0.269. The van der Waals surface area contributed by atoms with E-state index in [0.29, 0.717) is 17.1 Å². The molecule has 0 bridgehead atoms. The molecule has 0 N–H and O–H groups in total. The lowest BCUT2D eigenvalue weighted by Crippen LogP contribution is -2.42. The Balaban J connectivity index is 1.79. The van der Waals surface area contributed by atoms with E-state index in [-0.39, 0.29) is 17.3 Å². The quantitative estimate of drug-likeness (QED) is 0.399. The Morgan fingerprint density at radius 1 is 1.17 bits per heavy atom. The molecular formula is C21H19NO6S. The Morgan fingerprint density at radius 3 is 2.48 bits per heavy atom. The third-order valence-corrected chi connectivity index (χ3v) is 5.20. The molecule has 7 nitrogen and oxygen atoms in total. The van der Waals surface area contributed by atoms with Gasteiger partial charge in [-0.05, 0) is 44.7 Å². The van der Waals surface area contributed by atoms with Crippen LogP contribution in [0.5, 0.6) is 0 Å². The number of carbonyl (C=O) groups is 4. The van der Waals surface area contributed by atoms with E-state index in [2.05, 4.69) is 0 Å². The van der Waals surface area contributed by atoms with Crippen molar-refractivity contribution in [2.75, 3.05) is 6.61 Å². The summed E-state index contributed by atoms with van der Waals surface area (Å²) in [6.07, 6.45) is 1.47. The van der Waals surface area contributed by atoms with Gasteiger partial charge in [0.2, 0.25) is 0 Å². The minimum absolute atomic E-state index is 0.0237. The highest BCUT2D eigenvalue weighted by Gasteiger charge is 2.41. The summed E-state index contributed by atoms with van der Waals surface area (Å²) in [6, 6.07) is 9.38. The lowest BCUT2D eigenvalue weighted by Gasteiger charge is -2.19. The molecule has 1 fully saturated rings. The number of furan rings is 1. The van der Waals surface area contributed by atoms with Crippen LogP contribution in [0, 0.1) is 0 Å². The van der Waals surface area contributed by atoms with Gasteiger partial charge in [0.15, 0.2) is 5.78 Å². The number of hydrogen-bond acceptors (Lipinski definition) is 7. The highest BCUT2D eigenvalue weighted by atomic mass is 32.2. The molecule has 1 unspecified atom stereocenters. The summed E-state index contributed by atoms with van der Waals surface area (Å²) in [5, 5.41) is -0.534. The first-order valence-corrected chi connectivity index (χ1v) is 9.78. The Morgan fingerprint density at radius 2 is 1.86 bits per heavy atom. The molecule has 150 valence electrons. The van der Waals surface area contributed by atoms with E-state index in [0.717, 1.165) is 22.2 Å². The molecule has 0 spiro atoms. The SMILES string of the molecule is CCOC(=O)C(C)N1C(=O)SC(=Cc2ccc(-c3ccc(C(C)=O)cc3)o2)C1=O. The van der Waals surface area contributed by atoms with Crippen molar-refractivity contribution in [2.24, 2.45) is 0 Å². The van der Waals surface area contributed by atoms with Crippen molar-refractivity contribution in [2.45, 2.75) is 26.8 Å². The van der Waals surface area contributed by atoms with Crippen LogP contribution in [-0.4, -0.2) is 40.4 Å². The zero-order valence-electron chi connectivity index (χ0n) is 16.1. The van der Waals surface area contributed by atoms with Crippen LogP contribution in [0.1, 0.15) is 36.9 Å². The minimum atomic E-state index is -1.000. The molecule has 2 amide bonds. The van der Waals surface area contributed by atoms with Gasteiger partial charge in [0, 0.05) is 17.2 Å². The summed E-state index contributed by atoms with van der Waals surface area (Å²) in [7, 11) is 0. The largest absolute Gasteiger partial charge is 0.464 e. The van der Waals surface area contributed by atoms with Crippen molar-refractivity contribution in [1.29, 1.82) is 0 Å². The van der Waals surface area contributed by atoms with Gasteiger partial charge in [-0.1, -0.05) is 24.3 Å². The average molecular weight is 413 g/mol. The Hall–Kier alpha value is -3.13. The topological polar surface area (TPSA) is 93.9 Å². The molecule has 1 aromatic carbocycles.